The zero-order chi connectivity index (χ0) is 18.0. The van der Waals surface area contributed by atoms with E-state index in [-0.39, 0.29) is 11.5 Å². The lowest BCUT2D eigenvalue weighted by Gasteiger charge is -2.54. The molecule has 25 heavy (non-hydrogen) atoms. The Morgan fingerprint density at radius 2 is 1.80 bits per heavy atom. The van der Waals surface area contributed by atoms with Crippen molar-refractivity contribution >= 4 is 5.97 Å². The Hall–Kier alpha value is -2.33. The van der Waals surface area contributed by atoms with Gasteiger partial charge in [-0.05, 0) is 36.9 Å². The lowest BCUT2D eigenvalue weighted by molar-refractivity contribution is -0.101. The van der Waals surface area contributed by atoms with Gasteiger partial charge in [-0.25, -0.2) is 4.79 Å². The second-order valence-corrected chi connectivity index (χ2v) is 7.41. The van der Waals surface area contributed by atoms with Crippen LogP contribution in [0.2, 0.25) is 0 Å². The van der Waals surface area contributed by atoms with Crippen molar-refractivity contribution in [3.63, 3.8) is 0 Å². The number of ether oxygens (including phenoxy) is 1. The zero-order valence-corrected chi connectivity index (χ0v) is 15.0. The molecule has 0 spiro atoms. The number of carboxylic acid groups (broad SMARTS) is 1. The summed E-state index contributed by atoms with van der Waals surface area (Å²) in [5.74, 6) is 0.0341. The molecule has 1 aliphatic carbocycles. The van der Waals surface area contributed by atoms with Crippen LogP contribution in [0, 0.1) is 5.41 Å². The average molecular weight is 339 g/mol. The van der Waals surface area contributed by atoms with Gasteiger partial charge in [-0.15, -0.1) is 0 Å². The lowest BCUT2D eigenvalue weighted by Crippen LogP contribution is -2.62. The van der Waals surface area contributed by atoms with Crippen LogP contribution in [0.1, 0.15) is 36.2 Å². The monoisotopic (exact) mass is 339 g/mol. The summed E-state index contributed by atoms with van der Waals surface area (Å²) in [5.41, 5.74) is 1.51. The summed E-state index contributed by atoms with van der Waals surface area (Å²) in [6.45, 7) is 5.30. The van der Waals surface area contributed by atoms with Crippen LogP contribution in [0.15, 0.2) is 54.6 Å². The van der Waals surface area contributed by atoms with Gasteiger partial charge in [-0.2, -0.15) is 0 Å². The van der Waals surface area contributed by atoms with Gasteiger partial charge in [0.05, 0.1) is 5.56 Å². The molecule has 1 fully saturated rings. The van der Waals surface area contributed by atoms with Crippen molar-refractivity contribution in [2.24, 2.45) is 5.41 Å². The lowest BCUT2D eigenvalue weighted by atomic mass is 9.63. The minimum Gasteiger partial charge on any atom is -0.490 e. The number of benzene rings is 2. The molecule has 4 heteroatoms. The van der Waals surface area contributed by atoms with Gasteiger partial charge in [0.1, 0.15) is 11.9 Å². The highest BCUT2D eigenvalue weighted by molar-refractivity contribution is 5.87. The fourth-order valence-electron chi connectivity index (χ4n) is 3.63. The van der Waals surface area contributed by atoms with Gasteiger partial charge >= 0.3 is 5.97 Å². The van der Waals surface area contributed by atoms with E-state index in [2.05, 4.69) is 25.8 Å². The quantitative estimate of drug-likeness (QED) is 0.862. The minimum absolute atomic E-state index is 0.0611. The van der Waals surface area contributed by atoms with E-state index >= 15 is 0 Å². The van der Waals surface area contributed by atoms with E-state index in [0.717, 1.165) is 24.3 Å². The van der Waals surface area contributed by atoms with Gasteiger partial charge in [-0.3, -0.25) is 4.90 Å². The highest BCUT2D eigenvalue weighted by Crippen LogP contribution is 2.45. The molecule has 132 valence electrons. The van der Waals surface area contributed by atoms with Gasteiger partial charge in [0.25, 0.3) is 0 Å². The molecule has 2 aromatic carbocycles. The predicted octanol–water partition coefficient (Wildman–Crippen LogP) is 4.06. The van der Waals surface area contributed by atoms with Crippen LogP contribution in [0.5, 0.6) is 5.75 Å². The Kier molecular flexibility index (Phi) is 4.82. The van der Waals surface area contributed by atoms with Crippen LogP contribution >= 0.6 is 0 Å². The Morgan fingerprint density at radius 1 is 1.16 bits per heavy atom. The number of aromatic carboxylic acids is 1. The highest BCUT2D eigenvalue weighted by atomic mass is 16.5. The van der Waals surface area contributed by atoms with E-state index in [1.165, 1.54) is 0 Å². The van der Waals surface area contributed by atoms with Crippen LogP contribution < -0.4 is 4.74 Å². The number of rotatable bonds is 6. The first-order valence-corrected chi connectivity index (χ1v) is 8.62. The van der Waals surface area contributed by atoms with Crippen molar-refractivity contribution in [3.05, 3.63) is 65.7 Å². The molecule has 4 nitrogen and oxygen atoms in total. The van der Waals surface area contributed by atoms with Crippen LogP contribution in [0.4, 0.5) is 0 Å². The molecule has 0 aliphatic heterocycles. The van der Waals surface area contributed by atoms with Crippen molar-refractivity contribution < 1.29 is 14.6 Å². The largest absolute Gasteiger partial charge is 0.490 e. The summed E-state index contributed by atoms with van der Waals surface area (Å²) in [6, 6.07) is 17.5. The Bertz CT molecular complexity index is 725. The van der Waals surface area contributed by atoms with Gasteiger partial charge in [0, 0.05) is 24.4 Å². The number of nitrogens with zero attached hydrogens (tertiary/aromatic N) is 1. The third-order valence-electron chi connectivity index (χ3n) is 5.31. The fourth-order valence-corrected chi connectivity index (χ4v) is 3.63. The summed E-state index contributed by atoms with van der Waals surface area (Å²) >= 11 is 0. The van der Waals surface area contributed by atoms with E-state index < -0.39 is 5.97 Å². The maximum atomic E-state index is 10.9. The SMILES string of the molecule is CN(Cc1ccc(C(=O)O)cc1)C1CC(Oc2ccccc2)C1(C)C. The molecule has 1 saturated carbocycles. The maximum absolute atomic E-state index is 10.9. The van der Waals surface area contributed by atoms with E-state index in [1.807, 2.05) is 42.5 Å². The van der Waals surface area contributed by atoms with Crippen molar-refractivity contribution in [2.45, 2.75) is 39.0 Å². The molecule has 0 heterocycles. The summed E-state index contributed by atoms with van der Waals surface area (Å²) in [6.07, 6.45) is 1.20. The van der Waals surface area contributed by atoms with E-state index in [4.69, 9.17) is 9.84 Å². The predicted molar refractivity (Wildman–Crippen MR) is 97.9 cm³/mol. The Labute approximate surface area is 149 Å². The first-order chi connectivity index (χ1) is 11.9. The first kappa shape index (κ1) is 17.5. The molecule has 2 unspecified atom stereocenters. The summed E-state index contributed by atoms with van der Waals surface area (Å²) < 4.78 is 6.15. The molecule has 0 amide bonds. The van der Waals surface area contributed by atoms with Crippen LogP contribution in [-0.4, -0.2) is 35.2 Å². The van der Waals surface area contributed by atoms with Crippen LogP contribution in [-0.2, 0) is 6.54 Å². The third kappa shape index (κ3) is 3.69. The molecule has 1 N–H and O–H groups in total. The molecule has 0 aromatic heterocycles. The van der Waals surface area contributed by atoms with Crippen molar-refractivity contribution in [1.82, 2.24) is 4.90 Å². The number of carbonyl (C=O) groups is 1. The number of hydrogen-bond donors (Lipinski definition) is 1. The highest BCUT2D eigenvalue weighted by Gasteiger charge is 2.51. The molecule has 0 bridgehead atoms. The Balaban J connectivity index is 1.60. The number of para-hydroxylation sites is 1. The topological polar surface area (TPSA) is 49.8 Å². The van der Waals surface area contributed by atoms with Gasteiger partial charge in [0.15, 0.2) is 0 Å². The van der Waals surface area contributed by atoms with Crippen LogP contribution in [0.3, 0.4) is 0 Å². The molecule has 1 aliphatic rings. The molecule has 0 radical (unpaired) electrons. The molecule has 2 aromatic rings. The molecular formula is C21H25NO3. The van der Waals surface area contributed by atoms with Gasteiger partial charge < -0.3 is 9.84 Å². The number of carboxylic acids is 1. The summed E-state index contributed by atoms with van der Waals surface area (Å²) in [7, 11) is 2.12. The smallest absolute Gasteiger partial charge is 0.335 e. The van der Waals surface area contributed by atoms with Gasteiger partial charge in [0.2, 0.25) is 0 Å². The maximum Gasteiger partial charge on any atom is 0.335 e. The first-order valence-electron chi connectivity index (χ1n) is 8.62. The normalized spacial score (nSPS) is 21.6. The minimum atomic E-state index is -0.888. The average Bonchev–Trinajstić information content (AvgIpc) is 2.59. The zero-order valence-electron chi connectivity index (χ0n) is 15.0. The van der Waals surface area contributed by atoms with E-state index in [0.29, 0.717) is 11.6 Å². The summed E-state index contributed by atoms with van der Waals surface area (Å²) in [5, 5.41) is 8.99. The molecular weight excluding hydrogens is 314 g/mol. The second-order valence-electron chi connectivity index (χ2n) is 7.41. The summed E-state index contributed by atoms with van der Waals surface area (Å²) in [4.78, 5) is 13.3. The van der Waals surface area contributed by atoms with Crippen molar-refractivity contribution in [3.8, 4) is 5.75 Å². The molecule has 2 atom stereocenters. The second kappa shape index (κ2) is 6.89. The van der Waals surface area contributed by atoms with Gasteiger partial charge in [-0.1, -0.05) is 44.2 Å². The Morgan fingerprint density at radius 3 is 2.36 bits per heavy atom. The standard InChI is InChI=1S/C21H25NO3/c1-21(2)18(13-19(21)25-17-7-5-4-6-8-17)22(3)14-15-9-11-16(12-10-15)20(23)24/h4-12,18-19H,13-14H2,1-3H3,(H,23,24). The van der Waals surface area contributed by atoms with E-state index in [9.17, 15) is 4.79 Å². The van der Waals surface area contributed by atoms with Crippen molar-refractivity contribution in [1.29, 1.82) is 0 Å². The third-order valence-corrected chi connectivity index (χ3v) is 5.31. The molecule has 3 rings (SSSR count). The van der Waals surface area contributed by atoms with Crippen molar-refractivity contribution in [2.75, 3.05) is 7.05 Å². The van der Waals surface area contributed by atoms with Crippen LogP contribution in [0.25, 0.3) is 0 Å². The fraction of sp³-hybridized carbons (Fsp3) is 0.381. The molecule has 0 saturated heterocycles. The van der Waals surface area contributed by atoms with E-state index in [1.54, 1.807) is 12.1 Å². The number of hydrogen-bond acceptors (Lipinski definition) is 3.